The molecule has 2 aromatic heterocycles. The molecule has 0 spiro atoms. The van der Waals surface area contributed by atoms with Crippen molar-refractivity contribution in [3.63, 3.8) is 0 Å². The van der Waals surface area contributed by atoms with Gasteiger partial charge in [-0.15, -0.1) is 0 Å². The maximum atomic E-state index is 11.6. The molecule has 0 bridgehead atoms. The van der Waals surface area contributed by atoms with Crippen molar-refractivity contribution in [3.8, 4) is 0 Å². The van der Waals surface area contributed by atoms with Crippen LogP contribution >= 0.6 is 0 Å². The summed E-state index contributed by atoms with van der Waals surface area (Å²) in [6, 6.07) is 1.70. The Morgan fingerprint density at radius 1 is 1.62 bits per heavy atom. The Morgan fingerprint density at radius 3 is 3.12 bits per heavy atom. The monoisotopic (exact) mass is 219 g/mol. The van der Waals surface area contributed by atoms with Crippen molar-refractivity contribution in [2.45, 2.75) is 13.5 Å². The van der Waals surface area contributed by atoms with Gasteiger partial charge in [0.25, 0.3) is 5.91 Å². The molecule has 1 amide bonds. The molecule has 2 heterocycles. The van der Waals surface area contributed by atoms with Crippen LogP contribution in [0.5, 0.6) is 0 Å². The second-order valence-corrected chi connectivity index (χ2v) is 3.34. The smallest absolute Gasteiger partial charge is 0.252 e. The van der Waals surface area contributed by atoms with E-state index in [9.17, 15) is 4.79 Å². The summed E-state index contributed by atoms with van der Waals surface area (Å²) in [6.07, 6.45) is 1.52. The van der Waals surface area contributed by atoms with Crippen molar-refractivity contribution in [2.24, 2.45) is 5.73 Å². The normalized spacial score (nSPS) is 10.6. The lowest BCUT2D eigenvalue weighted by Gasteiger charge is -2.00. The molecule has 4 N–H and O–H groups in total. The first-order valence-electron chi connectivity index (χ1n) is 5.07. The van der Waals surface area contributed by atoms with E-state index < -0.39 is 0 Å². The molecule has 0 aromatic carbocycles. The van der Waals surface area contributed by atoms with Gasteiger partial charge in [-0.2, -0.15) is 0 Å². The van der Waals surface area contributed by atoms with E-state index in [1.165, 1.54) is 6.20 Å². The number of hydrogen-bond donors (Lipinski definition) is 3. The number of carbonyl (C=O) groups excluding carboxylic acids is 1. The van der Waals surface area contributed by atoms with Crippen LogP contribution in [-0.2, 0) is 6.54 Å². The van der Waals surface area contributed by atoms with E-state index in [0.717, 1.165) is 0 Å². The maximum absolute atomic E-state index is 11.6. The van der Waals surface area contributed by atoms with Gasteiger partial charge in [-0.1, -0.05) is 0 Å². The second kappa shape index (κ2) is 4.28. The number of nitrogens with one attached hydrogen (secondary N) is 2. The summed E-state index contributed by atoms with van der Waals surface area (Å²) in [7, 11) is 0. The summed E-state index contributed by atoms with van der Waals surface area (Å²) in [5, 5.41) is 2.71. The van der Waals surface area contributed by atoms with E-state index in [1.807, 2.05) is 6.92 Å². The molecule has 0 aliphatic rings. The van der Waals surface area contributed by atoms with E-state index in [4.69, 9.17) is 5.73 Å². The van der Waals surface area contributed by atoms with Crippen LogP contribution in [0.25, 0.3) is 11.2 Å². The average Bonchev–Trinajstić information content (AvgIpc) is 2.70. The summed E-state index contributed by atoms with van der Waals surface area (Å²) in [4.78, 5) is 22.8. The average molecular weight is 219 g/mol. The molecule has 2 aromatic rings. The lowest BCUT2D eigenvalue weighted by molar-refractivity contribution is 0.0955. The van der Waals surface area contributed by atoms with E-state index >= 15 is 0 Å². The number of hydrogen-bond acceptors (Lipinski definition) is 4. The van der Waals surface area contributed by atoms with Gasteiger partial charge in [-0.3, -0.25) is 4.79 Å². The van der Waals surface area contributed by atoms with Gasteiger partial charge in [-0.05, 0) is 13.0 Å². The number of H-pyrrole nitrogens is 1. The number of aromatic nitrogens is 3. The molecule has 16 heavy (non-hydrogen) atoms. The van der Waals surface area contributed by atoms with Crippen molar-refractivity contribution >= 4 is 17.1 Å². The molecule has 84 valence electrons. The van der Waals surface area contributed by atoms with Crippen LogP contribution in [-0.4, -0.2) is 27.4 Å². The van der Waals surface area contributed by atoms with E-state index in [0.29, 0.717) is 35.6 Å². The second-order valence-electron chi connectivity index (χ2n) is 3.34. The third-order valence-electron chi connectivity index (χ3n) is 2.18. The molecule has 6 nitrogen and oxygen atoms in total. The third-order valence-corrected chi connectivity index (χ3v) is 2.18. The number of imidazole rings is 1. The minimum absolute atomic E-state index is 0.144. The van der Waals surface area contributed by atoms with Crippen molar-refractivity contribution in [1.82, 2.24) is 20.3 Å². The molecular formula is C10H13N5O. The van der Waals surface area contributed by atoms with Gasteiger partial charge >= 0.3 is 0 Å². The largest absolute Gasteiger partial charge is 0.352 e. The Hall–Kier alpha value is -1.95. The standard InChI is InChI=1S/C10H13N5O/c1-2-12-10(16)6-3-7-9(13-5-6)15-8(4-11)14-7/h3,5H,2,4,11H2,1H3,(H,12,16)(H,13,14,15). The maximum Gasteiger partial charge on any atom is 0.252 e. The zero-order valence-electron chi connectivity index (χ0n) is 8.95. The highest BCUT2D eigenvalue weighted by atomic mass is 16.1. The van der Waals surface area contributed by atoms with Crippen molar-refractivity contribution in [2.75, 3.05) is 6.54 Å². The summed E-state index contributed by atoms with van der Waals surface area (Å²) in [5.41, 5.74) is 7.27. The number of fused-ring (bicyclic) bond motifs is 1. The Kier molecular flexibility index (Phi) is 2.82. The predicted octanol–water partition coefficient (Wildman–Crippen LogP) is 0.166. The topological polar surface area (TPSA) is 96.7 Å². The Balaban J connectivity index is 2.39. The van der Waals surface area contributed by atoms with Crippen LogP contribution < -0.4 is 11.1 Å². The van der Waals surface area contributed by atoms with Crippen LogP contribution in [0.2, 0.25) is 0 Å². The molecule has 0 aliphatic carbocycles. The number of pyridine rings is 1. The molecule has 6 heteroatoms. The predicted molar refractivity (Wildman–Crippen MR) is 59.8 cm³/mol. The van der Waals surface area contributed by atoms with E-state index in [1.54, 1.807) is 6.07 Å². The van der Waals surface area contributed by atoms with Crippen LogP contribution in [0.1, 0.15) is 23.1 Å². The zero-order chi connectivity index (χ0) is 11.5. The fraction of sp³-hybridized carbons (Fsp3) is 0.300. The molecule has 0 unspecified atom stereocenters. The summed E-state index contributed by atoms with van der Waals surface area (Å²) < 4.78 is 0. The number of nitrogens with two attached hydrogens (primary N) is 1. The molecule has 0 atom stereocenters. The van der Waals surface area contributed by atoms with Crippen molar-refractivity contribution < 1.29 is 4.79 Å². The third kappa shape index (κ3) is 1.87. The van der Waals surface area contributed by atoms with Gasteiger partial charge in [0, 0.05) is 12.7 Å². The van der Waals surface area contributed by atoms with E-state index in [-0.39, 0.29) is 5.91 Å². The summed E-state index contributed by atoms with van der Waals surface area (Å²) >= 11 is 0. The molecule has 0 radical (unpaired) electrons. The molecule has 0 saturated carbocycles. The van der Waals surface area contributed by atoms with Gasteiger partial charge in [-0.25, -0.2) is 9.97 Å². The number of aromatic amines is 1. The zero-order valence-corrected chi connectivity index (χ0v) is 8.95. The minimum Gasteiger partial charge on any atom is -0.352 e. The van der Waals surface area contributed by atoms with Crippen molar-refractivity contribution in [3.05, 3.63) is 23.7 Å². The van der Waals surface area contributed by atoms with Crippen molar-refractivity contribution in [1.29, 1.82) is 0 Å². The van der Waals surface area contributed by atoms with Crippen LogP contribution in [0, 0.1) is 0 Å². The fourth-order valence-corrected chi connectivity index (χ4v) is 1.43. The fourth-order valence-electron chi connectivity index (χ4n) is 1.43. The lowest BCUT2D eigenvalue weighted by Crippen LogP contribution is -2.22. The molecular weight excluding hydrogens is 206 g/mol. The molecule has 0 saturated heterocycles. The number of rotatable bonds is 3. The highest BCUT2D eigenvalue weighted by Gasteiger charge is 2.08. The summed E-state index contributed by atoms with van der Waals surface area (Å²) in [5.74, 6) is 0.518. The Labute approximate surface area is 92.3 Å². The first kappa shape index (κ1) is 10.6. The van der Waals surface area contributed by atoms with Crippen LogP contribution in [0.15, 0.2) is 12.3 Å². The summed E-state index contributed by atoms with van der Waals surface area (Å²) in [6.45, 7) is 2.78. The highest BCUT2D eigenvalue weighted by Crippen LogP contribution is 2.10. The SMILES string of the molecule is CCNC(=O)c1cnc2[nH]c(CN)nc2c1. The minimum atomic E-state index is -0.144. The lowest BCUT2D eigenvalue weighted by atomic mass is 10.2. The van der Waals surface area contributed by atoms with Gasteiger partial charge < -0.3 is 16.0 Å². The molecule has 0 fully saturated rings. The first-order valence-corrected chi connectivity index (χ1v) is 5.07. The number of nitrogens with zero attached hydrogens (tertiary/aromatic N) is 2. The molecule has 0 aliphatic heterocycles. The first-order chi connectivity index (χ1) is 7.74. The highest BCUT2D eigenvalue weighted by molar-refractivity contribution is 5.96. The van der Waals surface area contributed by atoms with Gasteiger partial charge in [0.2, 0.25) is 0 Å². The Bertz CT molecular complexity index is 519. The quantitative estimate of drug-likeness (QED) is 0.685. The van der Waals surface area contributed by atoms with Gasteiger partial charge in [0.1, 0.15) is 11.3 Å². The number of carbonyl (C=O) groups is 1. The molecule has 2 rings (SSSR count). The number of amides is 1. The van der Waals surface area contributed by atoms with Crippen LogP contribution in [0.4, 0.5) is 0 Å². The van der Waals surface area contributed by atoms with E-state index in [2.05, 4.69) is 20.3 Å². The Morgan fingerprint density at radius 2 is 2.44 bits per heavy atom. The van der Waals surface area contributed by atoms with Crippen LogP contribution in [0.3, 0.4) is 0 Å². The van der Waals surface area contributed by atoms with Gasteiger partial charge in [0.05, 0.1) is 12.1 Å². The van der Waals surface area contributed by atoms with Gasteiger partial charge in [0.15, 0.2) is 5.65 Å².